The lowest BCUT2D eigenvalue weighted by Crippen LogP contribution is -2.33. The number of aryl methyl sites for hydroxylation is 1. The van der Waals surface area contributed by atoms with E-state index in [1.807, 2.05) is 0 Å². The number of hydrogen-bond donors (Lipinski definition) is 2. The Balaban J connectivity index is 3.70. The van der Waals surface area contributed by atoms with Crippen LogP contribution in [0.15, 0.2) is 12.3 Å². The molecule has 1 rings (SSSR count). The van der Waals surface area contributed by atoms with Crippen LogP contribution in [0.3, 0.4) is 0 Å². The van der Waals surface area contributed by atoms with Crippen LogP contribution in [-0.2, 0) is 0 Å². The molecule has 4 heteroatoms. The molecular formula is C9H14BNO2. The Morgan fingerprint density at radius 3 is 2.92 bits per heavy atom. The molecule has 0 aliphatic heterocycles. The molecule has 1 aromatic rings. The molecule has 1 aromatic heterocycles. The van der Waals surface area contributed by atoms with Gasteiger partial charge in [-0.05, 0) is 18.3 Å². The molecule has 0 aliphatic rings. The molecule has 0 aliphatic carbocycles. The maximum atomic E-state index is 9.29. The second-order valence-electron chi connectivity index (χ2n) is 2.41. The van der Waals surface area contributed by atoms with E-state index in [9.17, 15) is 10.0 Å². The molecule has 0 bridgehead atoms. The van der Waals surface area contributed by atoms with E-state index >= 15 is 0 Å². The van der Waals surface area contributed by atoms with Crippen LogP contribution in [0.4, 0.5) is 0 Å². The molecule has 0 radical (unpaired) electrons. The van der Waals surface area contributed by atoms with E-state index in [1.54, 1.807) is 0 Å². The molecule has 3 nitrogen and oxygen atoms in total. The van der Waals surface area contributed by atoms with E-state index in [0.717, 1.165) is 0 Å². The highest BCUT2D eigenvalue weighted by molar-refractivity contribution is 6.59. The summed E-state index contributed by atoms with van der Waals surface area (Å²) in [5.41, 5.74) is -2.05. The number of pyridine rings is 1. The van der Waals surface area contributed by atoms with Crippen molar-refractivity contribution in [1.82, 2.24) is 4.98 Å². The summed E-state index contributed by atoms with van der Waals surface area (Å²) in [7, 11) is -2.32. The molecule has 13 heavy (non-hydrogen) atoms. The van der Waals surface area contributed by atoms with Crippen molar-refractivity contribution in [3.8, 4) is 0 Å². The van der Waals surface area contributed by atoms with Crippen LogP contribution in [0.2, 0.25) is 0 Å². The zero-order chi connectivity index (χ0) is 18.4. The molecule has 1 heterocycles. The average Bonchev–Trinajstić information content (AvgIpc) is 2.33. The third-order valence-corrected chi connectivity index (χ3v) is 1.48. The third-order valence-electron chi connectivity index (χ3n) is 1.48. The fourth-order valence-corrected chi connectivity index (χ4v) is 0.815. The van der Waals surface area contributed by atoms with Gasteiger partial charge in [0.25, 0.3) is 0 Å². The second-order valence-corrected chi connectivity index (χ2v) is 2.41. The van der Waals surface area contributed by atoms with Crippen molar-refractivity contribution in [2.24, 2.45) is 0 Å². The first kappa shape index (κ1) is 3.07. The van der Waals surface area contributed by atoms with Gasteiger partial charge in [-0.1, -0.05) is 19.8 Å². The van der Waals surface area contributed by atoms with Crippen LogP contribution >= 0.6 is 0 Å². The number of nitrogens with zero attached hydrogens (tertiary/aromatic N) is 1. The Hall–Kier alpha value is -0.865. The van der Waals surface area contributed by atoms with Crippen molar-refractivity contribution in [1.29, 1.82) is 0 Å². The van der Waals surface area contributed by atoms with Gasteiger partial charge in [-0.15, -0.1) is 0 Å². The van der Waals surface area contributed by atoms with Crippen LogP contribution in [0, 0.1) is 6.85 Å². The molecule has 0 fully saturated rings. The van der Waals surface area contributed by atoms with Crippen molar-refractivity contribution in [3.63, 3.8) is 0 Å². The van der Waals surface area contributed by atoms with E-state index in [4.69, 9.17) is 13.7 Å². The van der Waals surface area contributed by atoms with Crippen LogP contribution in [0.25, 0.3) is 0 Å². The summed E-state index contributed by atoms with van der Waals surface area (Å²) in [5.74, 6) is -3.11. The van der Waals surface area contributed by atoms with Gasteiger partial charge in [0.1, 0.15) is 0 Å². The minimum absolute atomic E-state index is 0.652. The predicted molar refractivity (Wildman–Crippen MR) is 52.9 cm³/mol. The van der Waals surface area contributed by atoms with Gasteiger partial charge in [-0.3, -0.25) is 4.98 Å². The molecule has 70 valence electrons. The van der Waals surface area contributed by atoms with Crippen LogP contribution < -0.4 is 5.46 Å². The Bertz CT molecular complexity index is 565. The summed E-state index contributed by atoms with van der Waals surface area (Å²) in [5, 5.41) is 18.6. The summed E-state index contributed by atoms with van der Waals surface area (Å²) in [6.07, 6.45) is 0.652. The maximum Gasteiger partial charge on any atom is 0.490 e. The summed E-state index contributed by atoms with van der Waals surface area (Å²) >= 11 is 0. The fourth-order valence-electron chi connectivity index (χ4n) is 0.815. The number of hydrogen-bond acceptors (Lipinski definition) is 3. The van der Waals surface area contributed by atoms with Gasteiger partial charge >= 0.3 is 7.12 Å². The lowest BCUT2D eigenvalue weighted by Gasteiger charge is -2.09. The van der Waals surface area contributed by atoms with Gasteiger partial charge < -0.3 is 10.0 Å². The quantitative estimate of drug-likeness (QED) is 0.653. The first-order chi connectivity index (χ1) is 10.0. The monoisotopic (exact) mass is 189 g/mol. The SMILES string of the molecule is [2H]C([2H])([2H])c1ncc(C([2H])(C([2H])([2H])[2H])C([2H])([2H])[2H])cc1B(O)O. The molecular weight excluding hydrogens is 165 g/mol. The largest absolute Gasteiger partial charge is 0.490 e. The van der Waals surface area contributed by atoms with Gasteiger partial charge in [0.05, 0.1) is 0 Å². The summed E-state index contributed by atoms with van der Waals surface area (Å²) in [4.78, 5) is 3.46. The maximum absolute atomic E-state index is 9.29. The van der Waals surface area contributed by atoms with Crippen LogP contribution in [0.5, 0.6) is 0 Å². The first-order valence-electron chi connectivity index (χ1n) is 8.40. The number of rotatable bonds is 2. The average molecular weight is 189 g/mol. The summed E-state index contributed by atoms with van der Waals surface area (Å²) in [6.45, 7) is -9.42. The molecule has 0 aromatic carbocycles. The standard InChI is InChI=1S/C9H14BNO2/c1-6(2)8-4-9(10(12)13)7(3)11-5-8/h4-6,12-13H,1-3H3/i1D3,2D3,3D3,6D. The smallest absolute Gasteiger partial charge is 0.423 e. The van der Waals surface area contributed by atoms with Crippen molar-refractivity contribution in [2.45, 2.75) is 26.4 Å². The summed E-state index contributed by atoms with van der Waals surface area (Å²) in [6, 6.07) is 0.672. The van der Waals surface area contributed by atoms with Gasteiger partial charge in [-0.25, -0.2) is 0 Å². The Morgan fingerprint density at radius 2 is 2.38 bits per heavy atom. The highest BCUT2D eigenvalue weighted by Crippen LogP contribution is 2.11. The molecule has 0 saturated heterocycles. The van der Waals surface area contributed by atoms with Crippen LogP contribution in [-0.4, -0.2) is 22.2 Å². The minimum Gasteiger partial charge on any atom is -0.423 e. The predicted octanol–water partition coefficient (Wildman–Crippen LogP) is 0.193. The van der Waals surface area contributed by atoms with Gasteiger partial charge in [-0.2, -0.15) is 0 Å². The molecule has 2 N–H and O–H groups in total. The molecule has 0 atom stereocenters. The molecule has 0 spiro atoms. The zero-order valence-corrected chi connectivity index (χ0v) is 6.57. The highest BCUT2D eigenvalue weighted by atomic mass is 16.4. The third kappa shape index (κ3) is 2.29. The Labute approximate surface area is 92.6 Å². The Morgan fingerprint density at radius 1 is 1.62 bits per heavy atom. The first-order valence-corrected chi connectivity index (χ1v) is 3.40. The normalized spacial score (nSPS) is 25.7. The molecule has 0 amide bonds. The van der Waals surface area contributed by atoms with E-state index in [-0.39, 0.29) is 0 Å². The van der Waals surface area contributed by atoms with Gasteiger partial charge in [0, 0.05) is 31.1 Å². The lowest BCUT2D eigenvalue weighted by molar-refractivity contribution is 0.425. The Kier molecular flexibility index (Phi) is 0.920. The molecule has 0 saturated carbocycles. The van der Waals surface area contributed by atoms with E-state index in [0.29, 0.717) is 12.3 Å². The lowest BCUT2D eigenvalue weighted by atomic mass is 9.78. The minimum atomic E-state index is -3.29. The van der Waals surface area contributed by atoms with Crippen LogP contribution in [0.1, 0.15) is 44.6 Å². The zero-order valence-electron chi connectivity index (χ0n) is 16.6. The van der Waals surface area contributed by atoms with Crippen molar-refractivity contribution < 1.29 is 23.8 Å². The molecule has 0 unspecified atom stereocenters. The van der Waals surface area contributed by atoms with Crippen molar-refractivity contribution >= 4 is 12.6 Å². The topological polar surface area (TPSA) is 53.4 Å². The second kappa shape index (κ2) is 3.90. The van der Waals surface area contributed by atoms with E-state index in [1.165, 1.54) is 0 Å². The van der Waals surface area contributed by atoms with Crippen molar-refractivity contribution in [2.75, 3.05) is 0 Å². The van der Waals surface area contributed by atoms with Crippen molar-refractivity contribution in [3.05, 3.63) is 23.5 Å². The van der Waals surface area contributed by atoms with Gasteiger partial charge in [0.15, 0.2) is 0 Å². The number of aromatic nitrogens is 1. The highest BCUT2D eigenvalue weighted by Gasteiger charge is 2.15. The fraction of sp³-hybridized carbons (Fsp3) is 0.444. The van der Waals surface area contributed by atoms with E-state index < -0.39 is 50.3 Å². The summed E-state index contributed by atoms with van der Waals surface area (Å²) < 4.78 is 73.9. The van der Waals surface area contributed by atoms with Gasteiger partial charge in [0.2, 0.25) is 0 Å². The van der Waals surface area contributed by atoms with E-state index in [2.05, 4.69) is 4.98 Å².